The highest BCUT2D eigenvalue weighted by molar-refractivity contribution is 9.13. The summed E-state index contributed by atoms with van der Waals surface area (Å²) in [4.78, 5) is 50.5. The fraction of sp³-hybridized carbons (Fsp3) is 0.581. The number of anilines is 1. The summed E-state index contributed by atoms with van der Waals surface area (Å²) in [5.41, 5.74) is 2.94. The number of likely N-dealkylation sites (tertiary alicyclic amines) is 2. The van der Waals surface area contributed by atoms with Gasteiger partial charge in [0.15, 0.2) is 6.10 Å². The highest BCUT2D eigenvalue weighted by atomic mass is 79.9. The smallest absolute Gasteiger partial charge is 0.410 e. The first-order valence-corrected chi connectivity index (χ1v) is 18.0. The first kappa shape index (κ1) is 31.8. The van der Waals surface area contributed by atoms with Crippen molar-refractivity contribution in [3.05, 3.63) is 49.0 Å². The molecule has 4 amide bonds. The van der Waals surface area contributed by atoms with Gasteiger partial charge in [-0.15, -0.1) is 11.3 Å². The lowest BCUT2D eigenvalue weighted by Crippen LogP contribution is -2.56. The van der Waals surface area contributed by atoms with E-state index in [0.29, 0.717) is 58.0 Å². The number of amides is 4. The van der Waals surface area contributed by atoms with E-state index in [1.54, 1.807) is 16.2 Å². The Morgan fingerprint density at radius 1 is 0.932 bits per heavy atom. The minimum atomic E-state index is -0.909. The van der Waals surface area contributed by atoms with Crippen LogP contribution in [0.3, 0.4) is 0 Å². The lowest BCUT2D eigenvalue weighted by Gasteiger charge is -2.43. The van der Waals surface area contributed by atoms with Gasteiger partial charge in [0.25, 0.3) is 5.91 Å². The van der Waals surface area contributed by atoms with Crippen LogP contribution in [-0.4, -0.2) is 120 Å². The van der Waals surface area contributed by atoms with Gasteiger partial charge in [-0.3, -0.25) is 9.69 Å². The van der Waals surface area contributed by atoms with E-state index in [9.17, 15) is 14.4 Å². The zero-order chi connectivity index (χ0) is 30.8. The third-order valence-electron chi connectivity index (χ3n) is 9.50. The van der Waals surface area contributed by atoms with Gasteiger partial charge in [0.1, 0.15) is 0 Å². The van der Waals surface area contributed by atoms with Gasteiger partial charge in [-0.2, -0.15) is 0 Å². The maximum Gasteiger partial charge on any atom is 0.410 e. The summed E-state index contributed by atoms with van der Waals surface area (Å²) in [7, 11) is 2.17. The van der Waals surface area contributed by atoms with Crippen LogP contribution in [0.25, 0.3) is 0 Å². The van der Waals surface area contributed by atoms with Crippen molar-refractivity contribution < 1.29 is 19.1 Å². The molecule has 1 atom stereocenters. The largest absolute Gasteiger partial charge is 0.436 e. The highest BCUT2D eigenvalue weighted by Crippen LogP contribution is 2.31. The molecule has 0 bridgehead atoms. The monoisotopic (exact) mass is 750 g/mol. The average molecular weight is 753 g/mol. The van der Waals surface area contributed by atoms with Crippen LogP contribution in [0.5, 0.6) is 0 Å². The second kappa shape index (κ2) is 14.1. The Kier molecular flexibility index (Phi) is 10.2. The molecule has 6 rings (SSSR count). The van der Waals surface area contributed by atoms with Crippen molar-refractivity contribution in [1.82, 2.24) is 24.5 Å². The standard InChI is InChI=1S/C31H40Br2N6O4S/c1-35-8-4-23(5-9-35)36-12-14-37(15-13-36)29(40)28(17-21-2-3-25(32)26(33)16-21)43-31(42)38-10-6-24(7-11-38)39-18-22-19-44-20-27(22)34-30(39)41/h2-3,16,19-20,23-24,28H,4-15,17-18H2,1H3,(H,34,41)/t28-/m1/s1. The van der Waals surface area contributed by atoms with Crippen LogP contribution in [0.15, 0.2) is 37.9 Å². The summed E-state index contributed by atoms with van der Waals surface area (Å²) in [6, 6.07) is 6.39. The van der Waals surface area contributed by atoms with E-state index < -0.39 is 12.2 Å². The Balaban J connectivity index is 1.07. The molecule has 5 heterocycles. The van der Waals surface area contributed by atoms with Gasteiger partial charge >= 0.3 is 12.1 Å². The molecule has 0 aliphatic carbocycles. The predicted octanol–water partition coefficient (Wildman–Crippen LogP) is 5.07. The number of thiophene rings is 1. The van der Waals surface area contributed by atoms with Crippen molar-refractivity contribution >= 4 is 66.9 Å². The van der Waals surface area contributed by atoms with Crippen LogP contribution < -0.4 is 5.32 Å². The molecule has 1 aromatic carbocycles. The number of nitrogens with zero attached hydrogens (tertiary/aromatic N) is 5. The van der Waals surface area contributed by atoms with Crippen LogP contribution in [0.1, 0.15) is 36.8 Å². The molecule has 4 aliphatic rings. The third kappa shape index (κ3) is 7.27. The first-order valence-electron chi connectivity index (χ1n) is 15.5. The van der Waals surface area contributed by atoms with Gasteiger partial charge in [-0.05, 0) is 101 Å². The van der Waals surface area contributed by atoms with E-state index in [1.165, 1.54) is 0 Å². The molecule has 4 aliphatic heterocycles. The Bertz CT molecular complexity index is 1350. The van der Waals surface area contributed by atoms with E-state index in [2.05, 4.69) is 59.4 Å². The summed E-state index contributed by atoms with van der Waals surface area (Å²) < 4.78 is 7.84. The molecule has 0 spiro atoms. The molecule has 1 aromatic heterocycles. The molecule has 13 heteroatoms. The van der Waals surface area contributed by atoms with Crippen molar-refractivity contribution in [3.8, 4) is 0 Å². The molecular weight excluding hydrogens is 712 g/mol. The van der Waals surface area contributed by atoms with Crippen LogP contribution in [0, 0.1) is 0 Å². The molecule has 3 fully saturated rings. The lowest BCUT2D eigenvalue weighted by atomic mass is 10.0. The Morgan fingerprint density at radius 3 is 2.34 bits per heavy atom. The summed E-state index contributed by atoms with van der Waals surface area (Å²) in [6.07, 6.45) is 2.59. The molecule has 238 valence electrons. The number of carbonyl (C=O) groups is 3. The molecule has 0 unspecified atom stereocenters. The number of nitrogens with one attached hydrogen (secondary N) is 1. The van der Waals surface area contributed by atoms with E-state index in [4.69, 9.17) is 4.74 Å². The third-order valence-corrected chi connectivity index (χ3v) is 12.2. The van der Waals surface area contributed by atoms with Gasteiger partial charge in [0, 0.05) is 77.7 Å². The van der Waals surface area contributed by atoms with E-state index in [0.717, 1.165) is 64.8 Å². The molecule has 44 heavy (non-hydrogen) atoms. The number of benzene rings is 1. The van der Waals surface area contributed by atoms with Crippen molar-refractivity contribution in [3.63, 3.8) is 0 Å². The number of urea groups is 1. The van der Waals surface area contributed by atoms with Crippen molar-refractivity contribution in [2.24, 2.45) is 0 Å². The quantitative estimate of drug-likeness (QED) is 0.444. The number of ether oxygens (including phenoxy) is 1. The Hall–Kier alpha value is -2.19. The number of hydrogen-bond donors (Lipinski definition) is 1. The van der Waals surface area contributed by atoms with Gasteiger partial charge < -0.3 is 29.7 Å². The maximum absolute atomic E-state index is 13.9. The van der Waals surface area contributed by atoms with Gasteiger partial charge in [0.05, 0.1) is 12.2 Å². The van der Waals surface area contributed by atoms with Crippen molar-refractivity contribution in [2.75, 3.05) is 64.7 Å². The molecule has 10 nitrogen and oxygen atoms in total. The van der Waals surface area contributed by atoms with E-state index >= 15 is 0 Å². The number of piperidine rings is 2. The number of rotatable bonds is 6. The summed E-state index contributed by atoms with van der Waals surface area (Å²) in [5.74, 6) is -0.133. The van der Waals surface area contributed by atoms with Crippen LogP contribution in [-0.2, 0) is 22.5 Å². The van der Waals surface area contributed by atoms with Crippen molar-refractivity contribution in [1.29, 1.82) is 0 Å². The Morgan fingerprint density at radius 2 is 1.64 bits per heavy atom. The summed E-state index contributed by atoms with van der Waals surface area (Å²) in [6.45, 7) is 6.73. The second-order valence-electron chi connectivity index (χ2n) is 12.3. The van der Waals surface area contributed by atoms with Gasteiger partial charge in [0.2, 0.25) is 0 Å². The molecular formula is C31H40Br2N6O4S. The zero-order valence-corrected chi connectivity index (χ0v) is 29.0. The summed E-state index contributed by atoms with van der Waals surface area (Å²) in [5, 5.41) is 7.02. The number of hydrogen-bond acceptors (Lipinski definition) is 7. The predicted molar refractivity (Wildman–Crippen MR) is 178 cm³/mol. The average Bonchev–Trinajstić information content (AvgIpc) is 3.49. The summed E-state index contributed by atoms with van der Waals surface area (Å²) >= 11 is 8.66. The first-order chi connectivity index (χ1) is 21.2. The maximum atomic E-state index is 13.9. The fourth-order valence-corrected chi connectivity index (χ4v) is 8.23. The highest BCUT2D eigenvalue weighted by Gasteiger charge is 2.36. The normalized spacial score (nSPS) is 21.6. The minimum absolute atomic E-state index is 0.0468. The van der Waals surface area contributed by atoms with Crippen molar-refractivity contribution in [2.45, 2.75) is 56.8 Å². The topological polar surface area (TPSA) is 88.7 Å². The molecule has 3 saturated heterocycles. The zero-order valence-electron chi connectivity index (χ0n) is 25.1. The van der Waals surface area contributed by atoms with Gasteiger partial charge in [-0.1, -0.05) is 6.07 Å². The number of halogens is 2. The molecule has 1 N–H and O–H groups in total. The van der Waals surface area contributed by atoms with Crippen LogP contribution in [0.4, 0.5) is 15.3 Å². The molecule has 0 radical (unpaired) electrons. The minimum Gasteiger partial charge on any atom is -0.436 e. The molecule has 0 saturated carbocycles. The Labute approximate surface area is 279 Å². The lowest BCUT2D eigenvalue weighted by molar-refractivity contribution is -0.143. The number of piperazine rings is 1. The second-order valence-corrected chi connectivity index (χ2v) is 14.8. The number of carbonyl (C=O) groups excluding carboxylic acids is 3. The van der Waals surface area contributed by atoms with Crippen LogP contribution >= 0.6 is 43.2 Å². The van der Waals surface area contributed by atoms with Gasteiger partial charge in [-0.25, -0.2) is 9.59 Å². The fourth-order valence-electron chi connectivity index (χ4n) is 6.78. The van der Waals surface area contributed by atoms with Crippen LogP contribution in [0.2, 0.25) is 0 Å². The van der Waals surface area contributed by atoms with E-state index in [-0.39, 0.29) is 18.0 Å². The number of fused-ring (bicyclic) bond motifs is 1. The SMILES string of the molecule is CN1CCC(N2CCN(C(=O)[C@@H](Cc3ccc(Br)c(Br)c3)OC(=O)N3CCC(N4Cc5cscc5NC4=O)CC3)CC2)CC1. The molecule has 2 aromatic rings. The van der Waals surface area contributed by atoms with E-state index in [1.807, 2.05) is 33.4 Å².